The number of benzene rings is 9. The van der Waals surface area contributed by atoms with Crippen LogP contribution in [0.25, 0.3) is 20.0 Å². The molecule has 0 N–H and O–H groups in total. The number of hydrogen-bond acceptors (Lipinski definition) is 4. The Bertz CT molecular complexity index is 4520. The first-order chi connectivity index (χ1) is 42.0. The van der Waals surface area contributed by atoms with Crippen molar-refractivity contribution in [3.8, 4) is 20.0 Å². The van der Waals surface area contributed by atoms with E-state index >= 15 is 0 Å². The van der Waals surface area contributed by atoms with Crippen LogP contribution in [0.15, 0.2) is 182 Å². The van der Waals surface area contributed by atoms with Crippen LogP contribution in [0.4, 0.5) is 68.2 Å². The summed E-state index contributed by atoms with van der Waals surface area (Å²) in [4.78, 5) is 10.9. The third-order valence-electron chi connectivity index (χ3n) is 20.0. The van der Waals surface area contributed by atoms with E-state index in [9.17, 15) is 0 Å². The quantitative estimate of drug-likeness (QED) is 0.163. The van der Waals surface area contributed by atoms with Crippen molar-refractivity contribution in [1.29, 1.82) is 0 Å². The summed E-state index contributed by atoms with van der Waals surface area (Å²) in [5.41, 5.74) is 33.5. The number of anilines is 12. The van der Waals surface area contributed by atoms with Crippen LogP contribution in [0.2, 0.25) is 0 Å². The molecule has 0 aliphatic carbocycles. The first kappa shape index (κ1) is 57.7. The van der Waals surface area contributed by atoms with E-state index in [1.165, 1.54) is 154 Å². The van der Waals surface area contributed by atoms with Crippen LogP contribution in [0.3, 0.4) is 0 Å². The zero-order chi connectivity index (χ0) is 62.6. The second kappa shape index (κ2) is 19.4. The maximum absolute atomic E-state index is 2.80. The van der Waals surface area contributed by atoms with Crippen LogP contribution in [-0.2, 0) is 32.5 Å². The normalized spacial score (nSPS) is 14.7. The van der Waals surface area contributed by atoms with E-state index in [0.29, 0.717) is 0 Å². The molecule has 1 aromatic heterocycles. The summed E-state index contributed by atoms with van der Waals surface area (Å²) < 4.78 is 2.81. The van der Waals surface area contributed by atoms with E-state index in [1.54, 1.807) is 0 Å². The van der Waals surface area contributed by atoms with Crippen molar-refractivity contribution in [3.63, 3.8) is 0 Å². The fraction of sp³-hybridized carbons (Fsp3) is 0.293. The van der Waals surface area contributed by atoms with E-state index in [4.69, 9.17) is 0 Å². The van der Waals surface area contributed by atoms with Crippen molar-refractivity contribution in [2.24, 2.45) is 0 Å². The molecule has 0 saturated carbocycles. The van der Waals surface area contributed by atoms with Gasteiger partial charge in [-0.1, -0.05) is 0 Å². The molecule has 0 unspecified atom stereocenters. The van der Waals surface area contributed by atoms with E-state index in [-0.39, 0.29) is 60.4 Å². The molecule has 7 heteroatoms. The van der Waals surface area contributed by atoms with Crippen molar-refractivity contribution >= 4 is 129 Å². The van der Waals surface area contributed by atoms with Gasteiger partial charge in [-0.15, -0.1) is 0 Å². The number of fused-ring (bicyclic) bond motifs is 11. The van der Waals surface area contributed by atoms with Gasteiger partial charge in [0.05, 0.1) is 0 Å². The Morgan fingerprint density at radius 3 is 1.01 bits per heavy atom. The molecule has 6 heterocycles. The Balaban J connectivity index is 1.08. The van der Waals surface area contributed by atoms with Gasteiger partial charge in [0.1, 0.15) is 0 Å². The van der Waals surface area contributed by atoms with Gasteiger partial charge in [0.15, 0.2) is 0 Å². The van der Waals surface area contributed by atoms with Gasteiger partial charge in [0, 0.05) is 0 Å². The SMILES string of the molecule is CC(C)(C)c1cc(N2c3ccc(C(C)(C)C)cc3B3c4ccc5c6c4N(c4cccc2c43)c2c(-c3ccccc3)[se]c(-c3ccccc3)c2N6c2cccc3c2B5c2ccc(C(C)(C)C)cc2N3c2cc(C(C)(C)C)cc(C(C)(C)C)c2)cc(C(C)(C)C)c1. The minimum absolute atomic E-state index is 0.0546. The zero-order valence-electron chi connectivity index (χ0n) is 55.7. The van der Waals surface area contributed by atoms with Crippen LogP contribution < -0.4 is 52.4 Å². The zero-order valence-corrected chi connectivity index (χ0v) is 57.4. The molecule has 0 amide bonds. The standard InChI is InChI=1S/C82H84B2N4Se/c1-77(2,3)51-36-40-63-62(47-51)84-61-39-38-60-71-72(61)88(67-34-25-31-64(70(67)84)85(63)57-43-53(79(7,8)9)41-54(44-57)80(10,11)12)74-73(75(49-27-21-19-22-28-49)89-76(74)50-29-23-20-24-30-50)87(71)66-33-26-32-65-69(66)83(60)59-37-35-52(78(4,5)6)48-68(59)86(65)58-45-55(81(13,14)15)42-56(46-58)82(16,17)18/h19-48H,1-18H3. The Hall–Kier alpha value is -7.69. The van der Waals surface area contributed by atoms with Gasteiger partial charge in [0.2, 0.25) is 0 Å². The van der Waals surface area contributed by atoms with Crippen LogP contribution in [0.5, 0.6) is 0 Å². The summed E-state index contributed by atoms with van der Waals surface area (Å²) in [6.45, 7) is 42.5. The minimum atomic E-state index is -0.0944. The first-order valence-corrected chi connectivity index (χ1v) is 34.2. The molecule has 0 radical (unpaired) electrons. The average molecular weight is 1230 g/mol. The second-order valence-corrected chi connectivity index (χ2v) is 34.5. The molecule has 5 aliphatic heterocycles. The molecule has 5 aliphatic rings. The molecule has 15 rings (SSSR count). The number of rotatable bonds is 4. The Labute approximate surface area is 537 Å². The molecular weight excluding hydrogens is 1140 g/mol. The fourth-order valence-corrected chi connectivity index (χ4v) is 17.7. The predicted octanol–water partition coefficient (Wildman–Crippen LogP) is 18.3. The molecule has 0 atom stereocenters. The third kappa shape index (κ3) is 8.89. The predicted molar refractivity (Wildman–Crippen MR) is 388 cm³/mol. The van der Waals surface area contributed by atoms with Gasteiger partial charge < -0.3 is 0 Å². The summed E-state index contributed by atoms with van der Waals surface area (Å²) >= 11 is -0.0944. The molecular formula is C82H84B2N4Se. The fourth-order valence-electron chi connectivity index (χ4n) is 15.0. The van der Waals surface area contributed by atoms with E-state index < -0.39 is 0 Å². The van der Waals surface area contributed by atoms with Gasteiger partial charge in [-0.3, -0.25) is 0 Å². The number of nitrogens with zero attached hydrogens (tertiary/aromatic N) is 4. The molecule has 9 aromatic carbocycles. The maximum atomic E-state index is 2.80. The topological polar surface area (TPSA) is 13.0 Å². The summed E-state index contributed by atoms with van der Waals surface area (Å²) in [6, 6.07) is 72.4. The van der Waals surface area contributed by atoms with Crippen molar-refractivity contribution in [3.05, 3.63) is 215 Å². The van der Waals surface area contributed by atoms with E-state index in [0.717, 1.165) is 0 Å². The summed E-state index contributed by atoms with van der Waals surface area (Å²) in [5.74, 6) is 0. The van der Waals surface area contributed by atoms with Gasteiger partial charge in [0.25, 0.3) is 0 Å². The van der Waals surface area contributed by atoms with Crippen LogP contribution >= 0.6 is 0 Å². The van der Waals surface area contributed by atoms with E-state index in [1.807, 2.05) is 0 Å². The van der Waals surface area contributed by atoms with Gasteiger partial charge in [-0.05, 0) is 0 Å². The van der Waals surface area contributed by atoms with Crippen molar-refractivity contribution in [2.75, 3.05) is 19.6 Å². The molecule has 0 bridgehead atoms. The number of hydrogen-bond donors (Lipinski definition) is 0. The molecule has 0 fully saturated rings. The van der Waals surface area contributed by atoms with Crippen LogP contribution in [-0.4, -0.2) is 27.9 Å². The molecule has 444 valence electrons. The van der Waals surface area contributed by atoms with E-state index in [2.05, 4.69) is 326 Å². The summed E-state index contributed by atoms with van der Waals surface area (Å²) in [6.07, 6.45) is 0. The monoisotopic (exact) mass is 1230 g/mol. The Morgan fingerprint density at radius 1 is 0.258 bits per heavy atom. The molecule has 89 heavy (non-hydrogen) atoms. The molecule has 0 saturated heterocycles. The average Bonchev–Trinajstić information content (AvgIpc) is 1.60. The van der Waals surface area contributed by atoms with Gasteiger partial charge in [-0.2, -0.15) is 0 Å². The molecule has 4 nitrogen and oxygen atoms in total. The van der Waals surface area contributed by atoms with Gasteiger partial charge >= 0.3 is 541 Å². The Morgan fingerprint density at radius 2 is 0.607 bits per heavy atom. The molecule has 10 aromatic rings. The first-order valence-electron chi connectivity index (χ1n) is 32.5. The van der Waals surface area contributed by atoms with Gasteiger partial charge in [-0.25, -0.2) is 0 Å². The third-order valence-corrected chi connectivity index (χ3v) is 22.7. The second-order valence-electron chi connectivity index (χ2n) is 32.3. The van der Waals surface area contributed by atoms with Crippen molar-refractivity contribution < 1.29 is 0 Å². The van der Waals surface area contributed by atoms with Crippen molar-refractivity contribution in [2.45, 2.75) is 157 Å². The summed E-state index contributed by atoms with van der Waals surface area (Å²) in [5, 5.41) is 0. The Kier molecular flexibility index (Phi) is 12.6. The van der Waals surface area contributed by atoms with Crippen LogP contribution in [0.1, 0.15) is 158 Å². The molecule has 0 spiro atoms. The summed E-state index contributed by atoms with van der Waals surface area (Å²) in [7, 11) is 0. The van der Waals surface area contributed by atoms with Crippen molar-refractivity contribution in [1.82, 2.24) is 0 Å². The van der Waals surface area contributed by atoms with Crippen LogP contribution in [0, 0.1) is 0 Å².